The van der Waals surface area contributed by atoms with Crippen LogP contribution in [0.25, 0.3) is 0 Å². The Morgan fingerprint density at radius 2 is 2.26 bits per heavy atom. The Bertz CT molecular complexity index is 555. The first-order valence-corrected chi connectivity index (χ1v) is 6.56. The van der Waals surface area contributed by atoms with Crippen molar-refractivity contribution in [3.8, 4) is 0 Å². The number of nitrogens with zero attached hydrogens (tertiary/aromatic N) is 3. The van der Waals surface area contributed by atoms with Crippen molar-refractivity contribution in [3.05, 3.63) is 46.8 Å². The van der Waals surface area contributed by atoms with Crippen molar-refractivity contribution < 1.29 is 4.39 Å². The second-order valence-corrected chi connectivity index (χ2v) is 4.81. The average Bonchev–Trinajstić information content (AvgIpc) is 2.80. The molecule has 2 aromatic rings. The van der Waals surface area contributed by atoms with E-state index in [9.17, 15) is 4.39 Å². The SMILES string of the molecule is CCCn1ncnc1CC(N)c1cc(Cl)ccc1F. The van der Waals surface area contributed by atoms with E-state index in [2.05, 4.69) is 17.0 Å². The quantitative estimate of drug-likeness (QED) is 0.917. The molecule has 2 N–H and O–H groups in total. The third kappa shape index (κ3) is 3.30. The van der Waals surface area contributed by atoms with E-state index in [4.69, 9.17) is 17.3 Å². The van der Waals surface area contributed by atoms with E-state index in [-0.39, 0.29) is 5.82 Å². The molecule has 1 aromatic heterocycles. The van der Waals surface area contributed by atoms with Gasteiger partial charge in [-0.2, -0.15) is 5.10 Å². The van der Waals surface area contributed by atoms with Gasteiger partial charge in [-0.3, -0.25) is 4.68 Å². The zero-order chi connectivity index (χ0) is 13.8. The fraction of sp³-hybridized carbons (Fsp3) is 0.385. The van der Waals surface area contributed by atoms with Crippen LogP contribution in [0.5, 0.6) is 0 Å². The maximum atomic E-state index is 13.7. The summed E-state index contributed by atoms with van der Waals surface area (Å²) in [5.74, 6) is 0.409. The number of aryl methyl sites for hydroxylation is 1. The topological polar surface area (TPSA) is 56.7 Å². The van der Waals surface area contributed by atoms with E-state index in [1.165, 1.54) is 18.5 Å². The molecule has 1 heterocycles. The van der Waals surface area contributed by atoms with Crippen LogP contribution in [-0.2, 0) is 13.0 Å². The number of nitrogens with two attached hydrogens (primary N) is 1. The van der Waals surface area contributed by atoms with Crippen LogP contribution < -0.4 is 5.73 Å². The number of halogens is 2. The van der Waals surface area contributed by atoms with Gasteiger partial charge in [0.25, 0.3) is 0 Å². The minimum atomic E-state index is -0.487. The summed E-state index contributed by atoms with van der Waals surface area (Å²) >= 11 is 5.87. The second kappa shape index (κ2) is 6.12. The van der Waals surface area contributed by atoms with Crippen LogP contribution in [-0.4, -0.2) is 14.8 Å². The predicted octanol–water partition coefficient (Wildman–Crippen LogP) is 2.72. The Morgan fingerprint density at radius 1 is 1.47 bits per heavy atom. The molecule has 0 spiro atoms. The number of hydrogen-bond donors (Lipinski definition) is 1. The molecule has 102 valence electrons. The van der Waals surface area contributed by atoms with Gasteiger partial charge in [-0.25, -0.2) is 9.37 Å². The Labute approximate surface area is 116 Å². The first-order chi connectivity index (χ1) is 9.11. The summed E-state index contributed by atoms with van der Waals surface area (Å²) in [6, 6.07) is 3.90. The van der Waals surface area contributed by atoms with Crippen molar-refractivity contribution in [1.29, 1.82) is 0 Å². The molecule has 1 aromatic carbocycles. The summed E-state index contributed by atoms with van der Waals surface area (Å²) in [5.41, 5.74) is 6.44. The summed E-state index contributed by atoms with van der Waals surface area (Å²) in [6.07, 6.45) is 2.88. The van der Waals surface area contributed by atoms with Crippen molar-refractivity contribution in [2.75, 3.05) is 0 Å². The van der Waals surface area contributed by atoms with Gasteiger partial charge >= 0.3 is 0 Å². The van der Waals surface area contributed by atoms with Gasteiger partial charge in [0.1, 0.15) is 18.0 Å². The van der Waals surface area contributed by atoms with Crippen molar-refractivity contribution in [2.45, 2.75) is 32.4 Å². The van der Waals surface area contributed by atoms with E-state index in [1.54, 1.807) is 10.7 Å². The summed E-state index contributed by atoms with van der Waals surface area (Å²) in [7, 11) is 0. The minimum absolute atomic E-state index is 0.349. The molecule has 0 aliphatic carbocycles. The predicted molar refractivity (Wildman–Crippen MR) is 72.4 cm³/mol. The van der Waals surface area contributed by atoms with Crippen LogP contribution >= 0.6 is 11.6 Å². The van der Waals surface area contributed by atoms with E-state index in [0.717, 1.165) is 18.8 Å². The first-order valence-electron chi connectivity index (χ1n) is 6.19. The highest BCUT2D eigenvalue weighted by Crippen LogP contribution is 2.22. The molecule has 19 heavy (non-hydrogen) atoms. The third-order valence-electron chi connectivity index (χ3n) is 2.89. The maximum Gasteiger partial charge on any atom is 0.138 e. The molecule has 0 amide bonds. The molecule has 0 radical (unpaired) electrons. The lowest BCUT2D eigenvalue weighted by atomic mass is 10.0. The van der Waals surface area contributed by atoms with Crippen molar-refractivity contribution in [3.63, 3.8) is 0 Å². The minimum Gasteiger partial charge on any atom is -0.323 e. The van der Waals surface area contributed by atoms with Crippen LogP contribution in [0.4, 0.5) is 4.39 Å². The van der Waals surface area contributed by atoms with Gasteiger partial charge in [0.15, 0.2) is 0 Å². The van der Waals surface area contributed by atoms with Gasteiger partial charge in [-0.15, -0.1) is 0 Å². The molecule has 0 aliphatic heterocycles. The smallest absolute Gasteiger partial charge is 0.138 e. The molecule has 0 fully saturated rings. The number of aromatic nitrogens is 3. The monoisotopic (exact) mass is 282 g/mol. The molecule has 1 unspecified atom stereocenters. The number of rotatable bonds is 5. The van der Waals surface area contributed by atoms with Gasteiger partial charge in [-0.1, -0.05) is 18.5 Å². The van der Waals surface area contributed by atoms with Gasteiger partial charge in [0.05, 0.1) is 0 Å². The molecular formula is C13H16ClFN4. The highest BCUT2D eigenvalue weighted by atomic mass is 35.5. The lowest BCUT2D eigenvalue weighted by Crippen LogP contribution is -2.18. The Balaban J connectivity index is 2.18. The van der Waals surface area contributed by atoms with Crippen LogP contribution in [0.3, 0.4) is 0 Å². The lowest BCUT2D eigenvalue weighted by Gasteiger charge is -2.13. The van der Waals surface area contributed by atoms with Gasteiger partial charge < -0.3 is 5.73 Å². The van der Waals surface area contributed by atoms with Crippen LogP contribution in [0.2, 0.25) is 5.02 Å². The Hall–Kier alpha value is -1.46. The van der Waals surface area contributed by atoms with Crippen molar-refractivity contribution in [1.82, 2.24) is 14.8 Å². The fourth-order valence-electron chi connectivity index (χ4n) is 1.95. The molecular weight excluding hydrogens is 267 g/mol. The van der Waals surface area contributed by atoms with E-state index < -0.39 is 6.04 Å². The summed E-state index contributed by atoms with van der Waals surface area (Å²) in [6.45, 7) is 2.84. The Kier molecular flexibility index (Phi) is 4.50. The fourth-order valence-corrected chi connectivity index (χ4v) is 2.13. The molecule has 0 saturated carbocycles. The van der Waals surface area contributed by atoms with E-state index in [1.807, 2.05) is 0 Å². The largest absolute Gasteiger partial charge is 0.323 e. The molecule has 0 aliphatic rings. The highest BCUT2D eigenvalue weighted by molar-refractivity contribution is 6.30. The molecule has 2 rings (SSSR count). The van der Waals surface area contributed by atoms with Crippen LogP contribution in [0.1, 0.15) is 30.8 Å². The summed E-state index contributed by atoms with van der Waals surface area (Å²) in [4.78, 5) is 4.17. The summed E-state index contributed by atoms with van der Waals surface area (Å²) < 4.78 is 15.5. The number of benzene rings is 1. The molecule has 0 saturated heterocycles. The maximum absolute atomic E-state index is 13.7. The van der Waals surface area contributed by atoms with E-state index in [0.29, 0.717) is 17.0 Å². The van der Waals surface area contributed by atoms with Gasteiger partial charge in [0.2, 0.25) is 0 Å². The normalized spacial score (nSPS) is 12.6. The zero-order valence-electron chi connectivity index (χ0n) is 10.7. The van der Waals surface area contributed by atoms with Crippen LogP contribution in [0.15, 0.2) is 24.5 Å². The average molecular weight is 283 g/mol. The zero-order valence-corrected chi connectivity index (χ0v) is 11.4. The summed E-state index contributed by atoms with van der Waals surface area (Å²) in [5, 5.41) is 4.60. The lowest BCUT2D eigenvalue weighted by molar-refractivity contribution is 0.533. The molecule has 6 heteroatoms. The first kappa shape index (κ1) is 14.0. The number of hydrogen-bond acceptors (Lipinski definition) is 3. The van der Waals surface area contributed by atoms with Gasteiger partial charge in [0, 0.05) is 29.6 Å². The highest BCUT2D eigenvalue weighted by Gasteiger charge is 2.15. The standard InChI is InChI=1S/C13H16ClFN4/c1-2-5-19-13(17-8-18-19)7-12(16)10-6-9(14)3-4-11(10)15/h3-4,6,8,12H,2,5,7,16H2,1H3. The second-order valence-electron chi connectivity index (χ2n) is 4.38. The van der Waals surface area contributed by atoms with E-state index >= 15 is 0 Å². The third-order valence-corrected chi connectivity index (χ3v) is 3.13. The molecule has 0 bridgehead atoms. The van der Waals surface area contributed by atoms with Crippen LogP contribution in [0, 0.1) is 5.82 Å². The Morgan fingerprint density at radius 3 is 3.00 bits per heavy atom. The molecule has 1 atom stereocenters. The van der Waals surface area contributed by atoms with Crippen molar-refractivity contribution >= 4 is 11.6 Å². The van der Waals surface area contributed by atoms with Crippen molar-refractivity contribution in [2.24, 2.45) is 5.73 Å². The molecule has 4 nitrogen and oxygen atoms in total. The van der Waals surface area contributed by atoms with Gasteiger partial charge in [-0.05, 0) is 24.6 Å².